The molecule has 0 aliphatic carbocycles. The number of thiocarbonyl (C=S) groups is 1. The zero-order valence-electron chi connectivity index (χ0n) is 20.8. The van der Waals surface area contributed by atoms with Crippen molar-refractivity contribution in [3.05, 3.63) is 87.7 Å². The van der Waals surface area contributed by atoms with E-state index < -0.39 is 11.8 Å². The van der Waals surface area contributed by atoms with Crippen LogP contribution < -0.4 is 10.2 Å². The maximum atomic E-state index is 13.4. The van der Waals surface area contributed by atoms with Gasteiger partial charge in [-0.25, -0.2) is 4.79 Å². The van der Waals surface area contributed by atoms with E-state index in [-0.39, 0.29) is 16.7 Å². The summed E-state index contributed by atoms with van der Waals surface area (Å²) in [5, 5.41) is 2.69. The predicted molar refractivity (Wildman–Crippen MR) is 143 cm³/mol. The molecule has 1 saturated heterocycles. The molecule has 1 aliphatic rings. The van der Waals surface area contributed by atoms with Gasteiger partial charge in [-0.15, -0.1) is 0 Å². The van der Waals surface area contributed by atoms with E-state index in [2.05, 4.69) is 5.32 Å². The van der Waals surface area contributed by atoms with Crippen LogP contribution in [0, 0.1) is 27.7 Å². The summed E-state index contributed by atoms with van der Waals surface area (Å²) in [5.74, 6) is -1.38. The monoisotopic (exact) mass is 501 g/mol. The molecule has 1 fully saturated rings. The summed E-state index contributed by atoms with van der Waals surface area (Å²) < 4.78 is 7.05. The van der Waals surface area contributed by atoms with Crippen LogP contribution in [0.1, 0.15) is 45.4 Å². The van der Waals surface area contributed by atoms with E-state index in [4.69, 9.17) is 17.0 Å². The number of carbonyl (C=O) groups excluding carboxylic acids is 3. The minimum atomic E-state index is -0.534. The average molecular weight is 502 g/mol. The van der Waals surface area contributed by atoms with E-state index in [1.54, 1.807) is 25.1 Å². The lowest BCUT2D eigenvalue weighted by Gasteiger charge is -2.29. The minimum Gasteiger partial charge on any atom is -0.462 e. The van der Waals surface area contributed by atoms with Crippen LogP contribution in [0.3, 0.4) is 0 Å². The van der Waals surface area contributed by atoms with Crippen LogP contribution >= 0.6 is 12.2 Å². The first-order chi connectivity index (χ1) is 17.1. The van der Waals surface area contributed by atoms with Gasteiger partial charge in [0.15, 0.2) is 5.11 Å². The standard InChI is InChI=1S/C28H27N3O4S/c1-6-35-27(34)20-8-11-22(12-9-20)30-18(4)14-21(19(30)5)15-24-25(32)29-28(36)31(26(24)33)23-10-7-16(2)17(3)13-23/h7-15H,6H2,1-5H3,(H,29,32,36)/b24-15+. The maximum Gasteiger partial charge on any atom is 0.338 e. The lowest BCUT2D eigenvalue weighted by atomic mass is 10.1. The Morgan fingerprint density at radius 3 is 2.28 bits per heavy atom. The second-order valence-corrected chi connectivity index (χ2v) is 9.04. The molecule has 1 N–H and O–H groups in total. The molecule has 36 heavy (non-hydrogen) atoms. The van der Waals surface area contributed by atoms with Crippen molar-refractivity contribution in [3.63, 3.8) is 0 Å². The Hall–Kier alpha value is -4.04. The van der Waals surface area contributed by atoms with Gasteiger partial charge in [-0.2, -0.15) is 0 Å². The van der Waals surface area contributed by atoms with Crippen molar-refractivity contribution in [3.8, 4) is 5.69 Å². The van der Waals surface area contributed by atoms with Crippen molar-refractivity contribution in [1.29, 1.82) is 0 Å². The summed E-state index contributed by atoms with van der Waals surface area (Å²) in [7, 11) is 0. The Bertz CT molecular complexity index is 1430. The molecule has 0 bridgehead atoms. The predicted octanol–water partition coefficient (Wildman–Crippen LogP) is 4.72. The highest BCUT2D eigenvalue weighted by Gasteiger charge is 2.35. The normalized spacial score (nSPS) is 14.9. The van der Waals surface area contributed by atoms with E-state index in [0.29, 0.717) is 17.9 Å². The number of aromatic nitrogens is 1. The molecule has 0 atom stereocenters. The number of hydrogen-bond donors (Lipinski definition) is 1. The Morgan fingerprint density at radius 1 is 0.972 bits per heavy atom. The first-order valence-corrected chi connectivity index (χ1v) is 12.0. The van der Waals surface area contributed by atoms with Crippen LogP contribution in [-0.4, -0.2) is 34.1 Å². The smallest absolute Gasteiger partial charge is 0.338 e. The molecule has 0 spiro atoms. The number of amides is 2. The molecule has 2 heterocycles. The van der Waals surface area contributed by atoms with E-state index in [1.807, 2.05) is 68.7 Å². The summed E-state index contributed by atoms with van der Waals surface area (Å²) in [4.78, 5) is 39.5. The van der Waals surface area contributed by atoms with E-state index in [0.717, 1.165) is 33.8 Å². The van der Waals surface area contributed by atoms with Gasteiger partial charge in [-0.05, 0) is 112 Å². The van der Waals surface area contributed by atoms with Gasteiger partial charge in [0.05, 0.1) is 17.9 Å². The first kappa shape index (κ1) is 25.1. The van der Waals surface area contributed by atoms with Gasteiger partial charge < -0.3 is 9.30 Å². The van der Waals surface area contributed by atoms with Gasteiger partial charge in [-0.3, -0.25) is 19.8 Å². The molecule has 1 aliphatic heterocycles. The fourth-order valence-corrected chi connectivity index (χ4v) is 4.49. The number of aryl methyl sites for hydroxylation is 3. The van der Waals surface area contributed by atoms with E-state index >= 15 is 0 Å². The maximum absolute atomic E-state index is 13.4. The fraction of sp³-hybridized carbons (Fsp3) is 0.214. The third kappa shape index (κ3) is 4.59. The summed E-state index contributed by atoms with van der Waals surface area (Å²) in [5.41, 5.74) is 6.51. The highest BCUT2D eigenvalue weighted by Crippen LogP contribution is 2.27. The summed E-state index contributed by atoms with van der Waals surface area (Å²) >= 11 is 5.33. The Kier molecular flexibility index (Phi) is 6.90. The molecule has 2 amide bonds. The van der Waals surface area contributed by atoms with Crippen LogP contribution in [-0.2, 0) is 14.3 Å². The molecule has 8 heteroatoms. The molecule has 0 radical (unpaired) electrons. The molecule has 2 aromatic carbocycles. The van der Waals surface area contributed by atoms with Gasteiger partial charge in [0.25, 0.3) is 11.8 Å². The lowest BCUT2D eigenvalue weighted by Crippen LogP contribution is -2.54. The second-order valence-electron chi connectivity index (χ2n) is 8.66. The van der Waals surface area contributed by atoms with Gasteiger partial charge in [0.1, 0.15) is 5.57 Å². The van der Waals surface area contributed by atoms with Gasteiger partial charge >= 0.3 is 5.97 Å². The number of nitrogens with one attached hydrogen (secondary N) is 1. The molecule has 3 aromatic rings. The number of carbonyl (C=O) groups is 3. The molecular weight excluding hydrogens is 474 g/mol. The highest BCUT2D eigenvalue weighted by molar-refractivity contribution is 7.80. The number of nitrogens with zero attached hydrogens (tertiary/aromatic N) is 2. The van der Waals surface area contributed by atoms with Gasteiger partial charge in [0, 0.05) is 17.1 Å². The van der Waals surface area contributed by atoms with Crippen molar-refractivity contribution >= 4 is 46.9 Å². The number of benzene rings is 2. The van der Waals surface area contributed by atoms with Crippen molar-refractivity contribution in [1.82, 2.24) is 9.88 Å². The van der Waals surface area contributed by atoms with Crippen LogP contribution in [0.5, 0.6) is 0 Å². The topological polar surface area (TPSA) is 80.6 Å². The van der Waals surface area contributed by atoms with Crippen LogP contribution in [0.4, 0.5) is 5.69 Å². The van der Waals surface area contributed by atoms with Gasteiger partial charge in [0.2, 0.25) is 0 Å². The van der Waals surface area contributed by atoms with Crippen molar-refractivity contribution in [2.45, 2.75) is 34.6 Å². The van der Waals surface area contributed by atoms with Crippen LogP contribution in [0.15, 0.2) is 54.1 Å². The van der Waals surface area contributed by atoms with E-state index in [1.165, 1.54) is 4.90 Å². The van der Waals surface area contributed by atoms with Crippen molar-refractivity contribution in [2.75, 3.05) is 11.5 Å². The summed E-state index contributed by atoms with van der Waals surface area (Å²) in [6.07, 6.45) is 1.60. The Balaban J connectivity index is 1.70. The molecular formula is C28H27N3O4S. The third-order valence-corrected chi connectivity index (χ3v) is 6.54. The summed E-state index contributed by atoms with van der Waals surface area (Å²) in [6.45, 7) is 9.87. The molecule has 7 nitrogen and oxygen atoms in total. The molecule has 0 unspecified atom stereocenters. The SMILES string of the molecule is CCOC(=O)c1ccc(-n2c(C)cc(/C=C3\C(=O)NC(=S)N(c4ccc(C)c(C)c4)C3=O)c2C)cc1. The fourth-order valence-electron chi connectivity index (χ4n) is 4.20. The number of esters is 1. The zero-order valence-corrected chi connectivity index (χ0v) is 21.7. The van der Waals surface area contributed by atoms with Crippen LogP contribution in [0.2, 0.25) is 0 Å². The largest absolute Gasteiger partial charge is 0.462 e. The lowest BCUT2D eigenvalue weighted by molar-refractivity contribution is -0.122. The molecule has 0 saturated carbocycles. The third-order valence-electron chi connectivity index (χ3n) is 6.26. The molecule has 1 aromatic heterocycles. The highest BCUT2D eigenvalue weighted by atomic mass is 32.1. The quantitative estimate of drug-likeness (QED) is 0.237. The van der Waals surface area contributed by atoms with Crippen molar-refractivity contribution < 1.29 is 19.1 Å². The number of ether oxygens (including phenoxy) is 1. The van der Waals surface area contributed by atoms with Gasteiger partial charge in [-0.1, -0.05) is 6.07 Å². The van der Waals surface area contributed by atoms with Crippen LogP contribution in [0.25, 0.3) is 11.8 Å². The first-order valence-electron chi connectivity index (χ1n) is 11.6. The summed E-state index contributed by atoms with van der Waals surface area (Å²) in [6, 6.07) is 14.6. The number of hydrogen-bond acceptors (Lipinski definition) is 5. The van der Waals surface area contributed by atoms with Crippen molar-refractivity contribution in [2.24, 2.45) is 0 Å². The molecule has 184 valence electrons. The zero-order chi connectivity index (χ0) is 26.1. The average Bonchev–Trinajstić information content (AvgIpc) is 3.11. The minimum absolute atomic E-state index is 0.000243. The Labute approximate surface area is 215 Å². The number of rotatable bonds is 5. The molecule has 4 rings (SSSR count). The second kappa shape index (κ2) is 9.91. The number of anilines is 1. The Morgan fingerprint density at radius 2 is 1.64 bits per heavy atom. The van der Waals surface area contributed by atoms with E-state index in [9.17, 15) is 14.4 Å².